The lowest BCUT2D eigenvalue weighted by Crippen LogP contribution is -2.37. The predicted octanol–water partition coefficient (Wildman–Crippen LogP) is -1.00. The molecule has 9 heteroatoms. The van der Waals surface area contributed by atoms with Gasteiger partial charge in [0.2, 0.25) is 0 Å². The lowest BCUT2D eigenvalue weighted by Gasteiger charge is -2.14. The highest BCUT2D eigenvalue weighted by Crippen LogP contribution is 2.10. The fourth-order valence-corrected chi connectivity index (χ4v) is 1.71. The molecule has 0 radical (unpaired) electrons. The number of imidazole rings is 1. The number of H-pyrrole nitrogens is 2. The van der Waals surface area contributed by atoms with Gasteiger partial charge in [-0.3, -0.25) is 14.3 Å². The highest BCUT2D eigenvalue weighted by Gasteiger charge is 2.23. The summed E-state index contributed by atoms with van der Waals surface area (Å²) in [5, 5.41) is 18.0. The third-order valence-electron chi connectivity index (χ3n) is 2.68. The first-order chi connectivity index (χ1) is 9.52. The van der Waals surface area contributed by atoms with Crippen molar-refractivity contribution in [3.8, 4) is 6.07 Å². The molecule has 20 heavy (non-hydrogen) atoms. The molecule has 0 saturated heterocycles. The Bertz CT molecular complexity index is 780. The third kappa shape index (κ3) is 2.49. The van der Waals surface area contributed by atoms with E-state index in [1.807, 2.05) is 4.98 Å². The van der Waals surface area contributed by atoms with Gasteiger partial charge in [-0.15, -0.1) is 0 Å². The highest BCUT2D eigenvalue weighted by molar-refractivity contribution is 5.72. The predicted molar refractivity (Wildman–Crippen MR) is 65.0 cm³/mol. The van der Waals surface area contributed by atoms with Crippen molar-refractivity contribution >= 4 is 5.97 Å². The summed E-state index contributed by atoms with van der Waals surface area (Å²) in [5.74, 6) is -1.27. The Morgan fingerprint density at radius 1 is 1.55 bits per heavy atom. The largest absolute Gasteiger partial charge is 0.480 e. The van der Waals surface area contributed by atoms with Gasteiger partial charge in [-0.2, -0.15) is 5.26 Å². The lowest BCUT2D eigenvalue weighted by atomic mass is 10.1. The smallest absolute Gasteiger partial charge is 0.329 e. The maximum atomic E-state index is 11.7. The molecule has 0 aliphatic rings. The summed E-state index contributed by atoms with van der Waals surface area (Å²) >= 11 is 0. The first kappa shape index (κ1) is 13.3. The Labute approximate surface area is 111 Å². The Balaban J connectivity index is 2.50. The zero-order valence-corrected chi connectivity index (χ0v) is 10.0. The number of hydrogen-bond acceptors (Lipinski definition) is 5. The summed E-state index contributed by atoms with van der Waals surface area (Å²) in [6.45, 7) is 0. The van der Waals surface area contributed by atoms with Crippen molar-refractivity contribution in [2.24, 2.45) is 0 Å². The molecule has 0 aromatic carbocycles. The molecule has 0 fully saturated rings. The van der Waals surface area contributed by atoms with Crippen LogP contribution in [0.5, 0.6) is 0 Å². The molecular weight excluding hydrogens is 266 g/mol. The van der Waals surface area contributed by atoms with Crippen molar-refractivity contribution < 1.29 is 9.90 Å². The second-order valence-corrected chi connectivity index (χ2v) is 3.96. The van der Waals surface area contributed by atoms with Gasteiger partial charge in [-0.05, 0) is 0 Å². The minimum atomic E-state index is -1.27. The summed E-state index contributed by atoms with van der Waals surface area (Å²) in [6, 6.07) is 0.341. The maximum Gasteiger partial charge on any atom is 0.329 e. The molecule has 2 aromatic heterocycles. The van der Waals surface area contributed by atoms with Gasteiger partial charge in [0.25, 0.3) is 5.56 Å². The molecule has 0 amide bonds. The van der Waals surface area contributed by atoms with Gasteiger partial charge in [0, 0.05) is 24.5 Å². The van der Waals surface area contributed by atoms with E-state index in [4.69, 9.17) is 5.26 Å². The van der Waals surface area contributed by atoms with E-state index in [1.165, 1.54) is 12.5 Å². The number of nitriles is 1. The van der Waals surface area contributed by atoms with Gasteiger partial charge in [0.05, 0.1) is 6.33 Å². The average molecular weight is 275 g/mol. The van der Waals surface area contributed by atoms with Crippen LogP contribution < -0.4 is 11.2 Å². The number of carboxylic acids is 1. The van der Waals surface area contributed by atoms with Crippen LogP contribution in [0.4, 0.5) is 0 Å². The first-order valence-corrected chi connectivity index (χ1v) is 5.48. The van der Waals surface area contributed by atoms with Crippen LogP contribution in [0, 0.1) is 11.3 Å². The average Bonchev–Trinajstić information content (AvgIpc) is 2.89. The maximum absolute atomic E-state index is 11.7. The van der Waals surface area contributed by atoms with Crippen LogP contribution in [0.3, 0.4) is 0 Å². The van der Waals surface area contributed by atoms with Gasteiger partial charge in [0.15, 0.2) is 0 Å². The number of nitrogens with zero attached hydrogens (tertiary/aromatic N) is 3. The van der Waals surface area contributed by atoms with Crippen LogP contribution in [0.25, 0.3) is 0 Å². The third-order valence-corrected chi connectivity index (χ3v) is 2.68. The Morgan fingerprint density at radius 3 is 2.85 bits per heavy atom. The fraction of sp³-hybridized carbons (Fsp3) is 0.182. The zero-order chi connectivity index (χ0) is 14.7. The Hall–Kier alpha value is -3.15. The molecule has 2 rings (SSSR count). The monoisotopic (exact) mass is 275 g/mol. The van der Waals surface area contributed by atoms with Crippen LogP contribution in [0.15, 0.2) is 28.3 Å². The van der Waals surface area contributed by atoms with E-state index in [1.54, 1.807) is 6.07 Å². The fourth-order valence-electron chi connectivity index (χ4n) is 1.71. The SMILES string of the molecule is N#Cc1cn([C@H](Cc2cnc[nH]2)C(=O)O)c(=O)[nH]c1=O. The number of nitrogens with one attached hydrogen (secondary N) is 2. The topological polar surface area (TPSA) is 145 Å². The summed E-state index contributed by atoms with van der Waals surface area (Å²) in [5.41, 5.74) is -1.56. The van der Waals surface area contributed by atoms with Crippen LogP contribution in [0.1, 0.15) is 17.3 Å². The summed E-state index contributed by atoms with van der Waals surface area (Å²) < 4.78 is 0.809. The second kappa shape index (κ2) is 5.23. The van der Waals surface area contributed by atoms with Gasteiger partial charge < -0.3 is 10.1 Å². The van der Waals surface area contributed by atoms with Crippen LogP contribution >= 0.6 is 0 Å². The van der Waals surface area contributed by atoms with Gasteiger partial charge in [-0.25, -0.2) is 14.6 Å². The number of rotatable bonds is 4. The van der Waals surface area contributed by atoms with Crippen molar-refractivity contribution in [1.82, 2.24) is 19.5 Å². The van der Waals surface area contributed by atoms with Crippen LogP contribution in [0.2, 0.25) is 0 Å². The molecule has 0 aliphatic heterocycles. The Kier molecular flexibility index (Phi) is 3.47. The summed E-state index contributed by atoms with van der Waals surface area (Å²) in [7, 11) is 0. The second-order valence-electron chi connectivity index (χ2n) is 3.96. The quantitative estimate of drug-likeness (QED) is 0.652. The molecular formula is C11H9N5O4. The zero-order valence-electron chi connectivity index (χ0n) is 10.0. The highest BCUT2D eigenvalue weighted by atomic mass is 16.4. The van der Waals surface area contributed by atoms with Gasteiger partial charge in [0.1, 0.15) is 17.7 Å². The minimum Gasteiger partial charge on any atom is -0.480 e. The normalized spacial score (nSPS) is 11.8. The molecule has 2 aromatic rings. The van der Waals surface area contributed by atoms with Gasteiger partial charge in [-0.1, -0.05) is 0 Å². The number of carboxylic acid groups (broad SMARTS) is 1. The molecule has 0 aliphatic carbocycles. The number of aromatic amines is 2. The molecule has 0 bridgehead atoms. The Morgan fingerprint density at radius 2 is 2.30 bits per heavy atom. The molecule has 0 unspecified atom stereocenters. The van der Waals surface area contributed by atoms with Crippen molar-refractivity contribution in [3.63, 3.8) is 0 Å². The molecule has 9 nitrogen and oxygen atoms in total. The lowest BCUT2D eigenvalue weighted by molar-refractivity contribution is -0.141. The van der Waals surface area contributed by atoms with Crippen molar-refractivity contribution in [3.05, 3.63) is 50.8 Å². The number of carbonyl (C=O) groups is 1. The van der Waals surface area contributed by atoms with E-state index < -0.39 is 23.3 Å². The van der Waals surface area contributed by atoms with E-state index in [-0.39, 0.29) is 12.0 Å². The van der Waals surface area contributed by atoms with E-state index in [0.29, 0.717) is 5.69 Å². The number of aliphatic carboxylic acids is 1. The van der Waals surface area contributed by atoms with Crippen molar-refractivity contribution in [2.75, 3.05) is 0 Å². The van der Waals surface area contributed by atoms with E-state index in [9.17, 15) is 19.5 Å². The molecule has 1 atom stereocenters. The molecule has 0 spiro atoms. The molecule has 102 valence electrons. The van der Waals surface area contributed by atoms with E-state index >= 15 is 0 Å². The summed E-state index contributed by atoms with van der Waals surface area (Å²) in [6.07, 6.45) is 3.71. The van der Waals surface area contributed by atoms with E-state index in [0.717, 1.165) is 10.8 Å². The van der Waals surface area contributed by atoms with E-state index in [2.05, 4.69) is 9.97 Å². The van der Waals surface area contributed by atoms with Gasteiger partial charge >= 0.3 is 11.7 Å². The van der Waals surface area contributed by atoms with Crippen molar-refractivity contribution in [2.45, 2.75) is 12.5 Å². The molecule has 0 saturated carbocycles. The molecule has 2 heterocycles. The number of aromatic nitrogens is 4. The van der Waals surface area contributed by atoms with Crippen LogP contribution in [-0.2, 0) is 11.2 Å². The van der Waals surface area contributed by atoms with Crippen LogP contribution in [-0.4, -0.2) is 30.6 Å². The molecule has 3 N–H and O–H groups in total. The minimum absolute atomic E-state index is 0.0356. The first-order valence-electron chi connectivity index (χ1n) is 5.48. The number of hydrogen-bond donors (Lipinski definition) is 3. The standard InChI is InChI=1S/C11H9N5O4/c12-2-6-4-16(11(20)15-9(6)17)8(10(18)19)1-7-3-13-5-14-7/h3-5,8H,1H2,(H,13,14)(H,18,19)(H,15,17,20)/t8-/m1/s1. The summed E-state index contributed by atoms with van der Waals surface area (Å²) in [4.78, 5) is 42.7. The van der Waals surface area contributed by atoms with Crippen molar-refractivity contribution in [1.29, 1.82) is 5.26 Å².